The number of imidazole rings is 1. The van der Waals surface area contributed by atoms with Crippen molar-refractivity contribution in [1.29, 1.82) is 5.26 Å². The maximum atomic E-state index is 13.6. The standard InChI is InChI=1S/C40H34N6O6/c1-49-23-29-19-34(52-39(47)28-15-9-4-10-16-28)33(20-31(29)40(48)51-30-17-18-50-24-30)46-25-43-36-37(44-35(21-41)45-38(36)46)42-22-32(26-11-5-2-6-12-26)27-13-7-3-8-14-27/h2-16,19-20,25,30,32H,17-18,22-24H2,1H3,(H,42,44,45)/t30-/m1/s1. The van der Waals surface area contributed by atoms with Crippen LogP contribution in [0.25, 0.3) is 16.9 Å². The molecule has 0 radical (unpaired) electrons. The minimum absolute atomic E-state index is 0.0330. The molecule has 1 aliphatic rings. The number of esters is 2. The van der Waals surface area contributed by atoms with Crippen LogP contribution in [0.15, 0.2) is 109 Å². The molecule has 52 heavy (non-hydrogen) atoms. The van der Waals surface area contributed by atoms with Crippen LogP contribution in [0.1, 0.15) is 55.6 Å². The van der Waals surface area contributed by atoms with Gasteiger partial charge in [-0.3, -0.25) is 4.57 Å². The van der Waals surface area contributed by atoms with Gasteiger partial charge >= 0.3 is 11.9 Å². The largest absolute Gasteiger partial charge is 0.456 e. The zero-order chi connectivity index (χ0) is 35.9. The fraction of sp³-hybridized carbons (Fsp3) is 0.200. The molecule has 1 aliphatic heterocycles. The molecule has 0 unspecified atom stereocenters. The van der Waals surface area contributed by atoms with E-state index < -0.39 is 18.0 Å². The van der Waals surface area contributed by atoms with Gasteiger partial charge in [0.2, 0.25) is 5.82 Å². The van der Waals surface area contributed by atoms with E-state index in [1.54, 1.807) is 47.0 Å². The Labute approximate surface area is 299 Å². The van der Waals surface area contributed by atoms with Crippen LogP contribution in [0.4, 0.5) is 5.82 Å². The third-order valence-electron chi connectivity index (χ3n) is 8.71. The number of ether oxygens (including phenoxy) is 4. The van der Waals surface area contributed by atoms with Crippen LogP contribution in [-0.4, -0.2) is 64.4 Å². The maximum absolute atomic E-state index is 13.6. The predicted octanol–water partition coefficient (Wildman–Crippen LogP) is 6.24. The van der Waals surface area contributed by atoms with Crippen LogP contribution in [-0.2, 0) is 20.8 Å². The van der Waals surface area contributed by atoms with Gasteiger partial charge in [-0.15, -0.1) is 0 Å². The predicted molar refractivity (Wildman–Crippen MR) is 191 cm³/mol. The van der Waals surface area contributed by atoms with E-state index in [0.29, 0.717) is 48.6 Å². The number of rotatable bonds is 12. The molecule has 7 rings (SSSR count). The number of nitrogens with one attached hydrogen (secondary N) is 1. The van der Waals surface area contributed by atoms with Crippen molar-refractivity contribution < 1.29 is 28.5 Å². The van der Waals surface area contributed by atoms with Gasteiger partial charge in [-0.25, -0.2) is 14.6 Å². The lowest BCUT2D eigenvalue weighted by Crippen LogP contribution is -2.20. The van der Waals surface area contributed by atoms with Gasteiger partial charge in [-0.1, -0.05) is 78.9 Å². The van der Waals surface area contributed by atoms with Crippen LogP contribution in [0.5, 0.6) is 5.75 Å². The zero-order valence-electron chi connectivity index (χ0n) is 28.3. The van der Waals surface area contributed by atoms with Gasteiger partial charge in [0.1, 0.15) is 18.5 Å². The number of carbonyl (C=O) groups is 2. The summed E-state index contributed by atoms with van der Waals surface area (Å²) in [6, 6.07) is 33.9. The van der Waals surface area contributed by atoms with E-state index >= 15 is 0 Å². The van der Waals surface area contributed by atoms with Crippen molar-refractivity contribution in [2.24, 2.45) is 0 Å². The summed E-state index contributed by atoms with van der Waals surface area (Å²) in [4.78, 5) is 40.7. The Bertz CT molecular complexity index is 2190. The summed E-state index contributed by atoms with van der Waals surface area (Å²) >= 11 is 0. The number of methoxy groups -OCH3 is 1. The molecular weight excluding hydrogens is 660 g/mol. The molecule has 1 atom stereocenters. The smallest absolute Gasteiger partial charge is 0.343 e. The van der Waals surface area contributed by atoms with E-state index in [1.165, 1.54) is 13.4 Å². The number of carbonyl (C=O) groups excluding carboxylic acids is 2. The molecule has 12 heteroatoms. The molecule has 260 valence electrons. The number of nitrogens with zero attached hydrogens (tertiary/aromatic N) is 5. The summed E-state index contributed by atoms with van der Waals surface area (Å²) in [7, 11) is 1.50. The molecule has 12 nitrogen and oxygen atoms in total. The fourth-order valence-corrected chi connectivity index (χ4v) is 6.15. The molecule has 3 heterocycles. The van der Waals surface area contributed by atoms with E-state index in [-0.39, 0.29) is 41.0 Å². The molecule has 1 fully saturated rings. The Morgan fingerprint density at radius 1 is 0.962 bits per heavy atom. The topological polar surface area (TPSA) is 150 Å². The summed E-state index contributed by atoms with van der Waals surface area (Å²) in [5, 5.41) is 13.4. The van der Waals surface area contributed by atoms with Crippen molar-refractivity contribution >= 4 is 28.9 Å². The Morgan fingerprint density at radius 2 is 1.65 bits per heavy atom. The van der Waals surface area contributed by atoms with Gasteiger partial charge in [-0.05, 0) is 41.0 Å². The minimum Gasteiger partial charge on any atom is -0.456 e. The van der Waals surface area contributed by atoms with Gasteiger partial charge < -0.3 is 24.3 Å². The number of nitriles is 1. The van der Waals surface area contributed by atoms with E-state index in [9.17, 15) is 14.9 Å². The highest BCUT2D eigenvalue weighted by Crippen LogP contribution is 2.33. The Balaban J connectivity index is 1.32. The fourth-order valence-electron chi connectivity index (χ4n) is 6.15. The molecule has 0 bridgehead atoms. The van der Waals surface area contributed by atoms with Crippen LogP contribution < -0.4 is 10.1 Å². The first kappa shape index (κ1) is 34.0. The van der Waals surface area contributed by atoms with Crippen LogP contribution in [0.2, 0.25) is 0 Å². The van der Waals surface area contributed by atoms with Gasteiger partial charge in [0, 0.05) is 26.0 Å². The molecule has 4 aromatic carbocycles. The maximum Gasteiger partial charge on any atom is 0.343 e. The first-order valence-electron chi connectivity index (χ1n) is 16.7. The lowest BCUT2D eigenvalue weighted by Gasteiger charge is -2.19. The lowest BCUT2D eigenvalue weighted by molar-refractivity contribution is 0.0266. The second kappa shape index (κ2) is 15.6. The van der Waals surface area contributed by atoms with Crippen molar-refractivity contribution in [3.05, 3.63) is 143 Å². The molecule has 0 saturated carbocycles. The number of fused-ring (bicyclic) bond motifs is 1. The third-order valence-corrected chi connectivity index (χ3v) is 8.71. The van der Waals surface area contributed by atoms with Crippen molar-refractivity contribution in [3.63, 3.8) is 0 Å². The molecule has 6 aromatic rings. The monoisotopic (exact) mass is 694 g/mol. The Hall–Kier alpha value is -6.42. The molecule has 1 N–H and O–H groups in total. The summed E-state index contributed by atoms with van der Waals surface area (Å²) < 4.78 is 24.2. The molecule has 2 aromatic heterocycles. The molecule has 0 aliphatic carbocycles. The van der Waals surface area contributed by atoms with Crippen molar-refractivity contribution in [2.75, 3.05) is 32.2 Å². The van der Waals surface area contributed by atoms with Gasteiger partial charge in [-0.2, -0.15) is 15.2 Å². The molecule has 0 spiro atoms. The summed E-state index contributed by atoms with van der Waals surface area (Å²) in [6.45, 7) is 1.27. The average molecular weight is 695 g/mol. The number of anilines is 1. The van der Waals surface area contributed by atoms with Crippen LogP contribution in [0.3, 0.4) is 0 Å². The quantitative estimate of drug-likeness (QED) is 0.115. The van der Waals surface area contributed by atoms with Crippen LogP contribution in [0, 0.1) is 11.3 Å². The highest BCUT2D eigenvalue weighted by molar-refractivity contribution is 5.95. The second-order valence-corrected chi connectivity index (χ2v) is 12.1. The van der Waals surface area contributed by atoms with Crippen LogP contribution >= 0.6 is 0 Å². The molecular formula is C40H34N6O6. The average Bonchev–Trinajstić information content (AvgIpc) is 3.86. The third kappa shape index (κ3) is 7.36. The first-order valence-corrected chi connectivity index (χ1v) is 16.7. The summed E-state index contributed by atoms with van der Waals surface area (Å²) in [6.07, 6.45) is 1.67. The van der Waals surface area contributed by atoms with Gasteiger partial charge in [0.15, 0.2) is 22.7 Å². The van der Waals surface area contributed by atoms with E-state index in [1.807, 2.05) is 36.4 Å². The van der Waals surface area contributed by atoms with Gasteiger partial charge in [0.05, 0.1) is 36.6 Å². The SMILES string of the molecule is COCc1cc(OC(=O)c2ccccc2)c(-n2cnc3c(NCC(c4ccccc4)c4ccccc4)nc(C#N)nc32)cc1C(=O)O[C@@H]1CCOC1. The van der Waals surface area contributed by atoms with E-state index in [0.717, 1.165) is 11.1 Å². The Kier molecular flexibility index (Phi) is 10.2. The lowest BCUT2D eigenvalue weighted by atomic mass is 9.91. The van der Waals surface area contributed by atoms with E-state index in [2.05, 4.69) is 50.6 Å². The number of hydrogen-bond donors (Lipinski definition) is 1. The normalized spacial score (nSPS) is 13.9. The van der Waals surface area contributed by atoms with Crippen molar-refractivity contribution in [2.45, 2.75) is 25.0 Å². The van der Waals surface area contributed by atoms with Crippen molar-refractivity contribution in [1.82, 2.24) is 19.5 Å². The second-order valence-electron chi connectivity index (χ2n) is 12.1. The van der Waals surface area contributed by atoms with Crippen molar-refractivity contribution in [3.8, 4) is 17.5 Å². The highest BCUT2D eigenvalue weighted by Gasteiger charge is 2.27. The number of hydrogen-bond acceptors (Lipinski definition) is 11. The summed E-state index contributed by atoms with van der Waals surface area (Å²) in [5.74, 6) is -0.895. The summed E-state index contributed by atoms with van der Waals surface area (Å²) in [5.41, 5.74) is 4.06. The number of benzene rings is 4. The zero-order valence-corrected chi connectivity index (χ0v) is 28.3. The minimum atomic E-state index is -0.615. The van der Waals surface area contributed by atoms with Gasteiger partial charge in [0.25, 0.3) is 0 Å². The molecule has 1 saturated heterocycles. The first-order chi connectivity index (χ1) is 25.5. The number of aromatic nitrogens is 4. The van der Waals surface area contributed by atoms with E-state index in [4.69, 9.17) is 18.9 Å². The highest BCUT2D eigenvalue weighted by atomic mass is 16.6. The Morgan fingerprint density at radius 3 is 2.29 bits per heavy atom. The molecule has 0 amide bonds.